The van der Waals surface area contributed by atoms with Gasteiger partial charge in [0.25, 0.3) is 0 Å². The van der Waals surface area contributed by atoms with Crippen LogP contribution in [-0.2, 0) is 19.1 Å². The second kappa shape index (κ2) is 11.1. The monoisotopic (exact) mass is 261 g/mol. The SMILES string of the molecule is COCCOCCN(CCC(C)=O)CCC(=O)O. The van der Waals surface area contributed by atoms with Crippen LogP contribution in [0.4, 0.5) is 0 Å². The van der Waals surface area contributed by atoms with Crippen molar-refractivity contribution in [3.63, 3.8) is 0 Å². The van der Waals surface area contributed by atoms with Crippen molar-refractivity contribution in [3.8, 4) is 0 Å². The van der Waals surface area contributed by atoms with Crippen LogP contribution in [0, 0.1) is 0 Å². The molecule has 106 valence electrons. The van der Waals surface area contributed by atoms with E-state index in [0.29, 0.717) is 45.9 Å². The number of aliphatic carboxylic acids is 1. The number of carbonyl (C=O) groups is 2. The summed E-state index contributed by atoms with van der Waals surface area (Å²) in [7, 11) is 1.61. The Hall–Kier alpha value is -0.980. The Morgan fingerprint density at radius 3 is 2.28 bits per heavy atom. The molecule has 0 aliphatic rings. The molecule has 18 heavy (non-hydrogen) atoms. The Morgan fingerprint density at radius 2 is 1.72 bits per heavy atom. The summed E-state index contributed by atoms with van der Waals surface area (Å²) in [4.78, 5) is 23.4. The van der Waals surface area contributed by atoms with E-state index in [2.05, 4.69) is 0 Å². The highest BCUT2D eigenvalue weighted by molar-refractivity contribution is 5.75. The lowest BCUT2D eigenvalue weighted by Crippen LogP contribution is -2.32. The Kier molecular flexibility index (Phi) is 10.5. The zero-order valence-corrected chi connectivity index (χ0v) is 11.2. The molecule has 0 saturated carbocycles. The van der Waals surface area contributed by atoms with Crippen molar-refractivity contribution < 1.29 is 24.2 Å². The van der Waals surface area contributed by atoms with E-state index in [1.165, 1.54) is 6.92 Å². The van der Waals surface area contributed by atoms with Gasteiger partial charge in [0.1, 0.15) is 5.78 Å². The average molecular weight is 261 g/mol. The third kappa shape index (κ3) is 11.5. The molecule has 0 aromatic carbocycles. The number of ketones is 1. The number of methoxy groups -OCH3 is 1. The van der Waals surface area contributed by atoms with Crippen molar-refractivity contribution in [2.75, 3.05) is 46.6 Å². The van der Waals surface area contributed by atoms with Gasteiger partial charge in [-0.1, -0.05) is 0 Å². The van der Waals surface area contributed by atoms with Gasteiger partial charge >= 0.3 is 5.97 Å². The average Bonchev–Trinajstić information content (AvgIpc) is 2.30. The second-order valence-electron chi connectivity index (χ2n) is 4.04. The maximum atomic E-state index is 10.9. The lowest BCUT2D eigenvalue weighted by molar-refractivity contribution is -0.137. The predicted molar refractivity (Wildman–Crippen MR) is 66.7 cm³/mol. The Morgan fingerprint density at radius 1 is 1.06 bits per heavy atom. The summed E-state index contributed by atoms with van der Waals surface area (Å²) in [5.41, 5.74) is 0. The van der Waals surface area contributed by atoms with Crippen LogP contribution in [0.2, 0.25) is 0 Å². The van der Waals surface area contributed by atoms with E-state index in [4.69, 9.17) is 14.6 Å². The van der Waals surface area contributed by atoms with Crippen LogP contribution in [0.15, 0.2) is 0 Å². The summed E-state index contributed by atoms with van der Waals surface area (Å²) in [6, 6.07) is 0. The van der Waals surface area contributed by atoms with E-state index < -0.39 is 5.97 Å². The summed E-state index contributed by atoms with van der Waals surface area (Å²) in [6.45, 7) is 4.76. The molecule has 0 unspecified atom stereocenters. The van der Waals surface area contributed by atoms with Gasteiger partial charge in [-0.3, -0.25) is 9.59 Å². The number of carbonyl (C=O) groups excluding carboxylic acids is 1. The molecule has 0 aromatic rings. The molecule has 6 heteroatoms. The minimum atomic E-state index is -0.830. The van der Waals surface area contributed by atoms with Gasteiger partial charge in [-0.25, -0.2) is 0 Å². The molecular formula is C12H23NO5. The van der Waals surface area contributed by atoms with Gasteiger partial charge in [-0.2, -0.15) is 0 Å². The van der Waals surface area contributed by atoms with E-state index in [-0.39, 0.29) is 12.2 Å². The summed E-state index contributed by atoms with van der Waals surface area (Å²) in [5.74, 6) is -0.723. The lowest BCUT2D eigenvalue weighted by Gasteiger charge is -2.20. The maximum absolute atomic E-state index is 10.9. The zero-order valence-electron chi connectivity index (χ0n) is 11.2. The van der Waals surface area contributed by atoms with Gasteiger partial charge in [0.05, 0.1) is 26.2 Å². The van der Waals surface area contributed by atoms with Crippen molar-refractivity contribution in [1.29, 1.82) is 0 Å². The maximum Gasteiger partial charge on any atom is 0.304 e. The van der Waals surface area contributed by atoms with E-state index in [0.717, 1.165) is 0 Å². The van der Waals surface area contributed by atoms with Gasteiger partial charge in [0.2, 0.25) is 0 Å². The summed E-state index contributed by atoms with van der Waals surface area (Å²) in [5, 5.41) is 8.64. The number of hydrogen-bond acceptors (Lipinski definition) is 5. The quantitative estimate of drug-likeness (QED) is 0.513. The second-order valence-corrected chi connectivity index (χ2v) is 4.04. The summed E-state index contributed by atoms with van der Waals surface area (Å²) in [6.07, 6.45) is 0.521. The van der Waals surface area contributed by atoms with Crippen LogP contribution in [0.3, 0.4) is 0 Å². The van der Waals surface area contributed by atoms with E-state index in [1.807, 2.05) is 4.90 Å². The van der Waals surface area contributed by atoms with E-state index >= 15 is 0 Å². The third-order valence-corrected chi connectivity index (χ3v) is 2.41. The Labute approximate surface area is 108 Å². The van der Waals surface area contributed by atoms with Crippen molar-refractivity contribution >= 4 is 11.8 Å². The first kappa shape index (κ1) is 17.0. The molecule has 0 aliphatic heterocycles. The van der Waals surface area contributed by atoms with Crippen molar-refractivity contribution in [1.82, 2.24) is 4.90 Å². The number of Topliss-reactive ketones (excluding diaryl/α,β-unsaturated/α-hetero) is 1. The number of ether oxygens (including phenoxy) is 2. The van der Waals surface area contributed by atoms with Gasteiger partial charge in [0.15, 0.2) is 0 Å². The van der Waals surface area contributed by atoms with Crippen molar-refractivity contribution in [2.45, 2.75) is 19.8 Å². The van der Waals surface area contributed by atoms with Crippen LogP contribution >= 0.6 is 0 Å². The standard InChI is InChI=1S/C12H23NO5/c1-11(14)3-5-13(6-4-12(15)16)7-8-18-10-9-17-2/h3-10H2,1-2H3,(H,15,16). The fourth-order valence-electron chi connectivity index (χ4n) is 1.34. The van der Waals surface area contributed by atoms with Crippen LogP contribution in [-0.4, -0.2) is 68.3 Å². The third-order valence-electron chi connectivity index (χ3n) is 2.41. The molecule has 0 atom stereocenters. The molecule has 0 aliphatic carbocycles. The Balaban J connectivity index is 3.80. The van der Waals surface area contributed by atoms with Crippen LogP contribution in [0.25, 0.3) is 0 Å². The number of hydrogen-bond donors (Lipinski definition) is 1. The molecule has 0 radical (unpaired) electrons. The molecule has 0 spiro atoms. The number of nitrogens with zero attached hydrogens (tertiary/aromatic N) is 1. The lowest BCUT2D eigenvalue weighted by atomic mass is 10.3. The summed E-state index contributed by atoms with van der Waals surface area (Å²) < 4.78 is 10.2. The minimum Gasteiger partial charge on any atom is -0.481 e. The molecule has 0 amide bonds. The molecule has 0 saturated heterocycles. The van der Waals surface area contributed by atoms with Crippen LogP contribution in [0.5, 0.6) is 0 Å². The fourth-order valence-corrected chi connectivity index (χ4v) is 1.34. The fraction of sp³-hybridized carbons (Fsp3) is 0.833. The predicted octanol–water partition coefficient (Wildman–Crippen LogP) is 0.405. The molecular weight excluding hydrogens is 238 g/mol. The number of rotatable bonds is 12. The van der Waals surface area contributed by atoms with E-state index in [9.17, 15) is 9.59 Å². The van der Waals surface area contributed by atoms with Gasteiger partial charge < -0.3 is 19.5 Å². The topological polar surface area (TPSA) is 76.1 Å². The highest BCUT2D eigenvalue weighted by Crippen LogP contribution is 1.96. The normalized spacial score (nSPS) is 10.8. The van der Waals surface area contributed by atoms with Gasteiger partial charge in [0, 0.05) is 33.2 Å². The molecule has 0 fully saturated rings. The number of carboxylic acids is 1. The largest absolute Gasteiger partial charge is 0.481 e. The molecule has 6 nitrogen and oxygen atoms in total. The molecule has 0 bridgehead atoms. The molecule has 1 N–H and O–H groups in total. The minimum absolute atomic E-state index is 0.0793. The van der Waals surface area contributed by atoms with Gasteiger partial charge in [-0.15, -0.1) is 0 Å². The molecule has 0 heterocycles. The van der Waals surface area contributed by atoms with Crippen molar-refractivity contribution in [3.05, 3.63) is 0 Å². The summed E-state index contributed by atoms with van der Waals surface area (Å²) >= 11 is 0. The Bertz CT molecular complexity index is 227. The van der Waals surface area contributed by atoms with Crippen LogP contribution in [0.1, 0.15) is 19.8 Å². The molecule has 0 aromatic heterocycles. The highest BCUT2D eigenvalue weighted by Gasteiger charge is 2.08. The molecule has 0 rings (SSSR count). The first-order chi connectivity index (χ1) is 8.56. The first-order valence-electron chi connectivity index (χ1n) is 6.06. The highest BCUT2D eigenvalue weighted by atomic mass is 16.5. The van der Waals surface area contributed by atoms with E-state index in [1.54, 1.807) is 7.11 Å². The zero-order chi connectivity index (χ0) is 13.8. The first-order valence-corrected chi connectivity index (χ1v) is 6.06. The van der Waals surface area contributed by atoms with Gasteiger partial charge in [-0.05, 0) is 6.92 Å². The van der Waals surface area contributed by atoms with Crippen LogP contribution < -0.4 is 0 Å². The number of carboxylic acid groups (broad SMARTS) is 1. The smallest absolute Gasteiger partial charge is 0.304 e. The van der Waals surface area contributed by atoms with Crippen molar-refractivity contribution in [2.24, 2.45) is 0 Å².